The molecular formula is C18H19N3O3. The summed E-state index contributed by atoms with van der Waals surface area (Å²) in [7, 11) is 0. The molecule has 0 heterocycles. The summed E-state index contributed by atoms with van der Waals surface area (Å²) in [5.41, 5.74) is 1.66. The summed E-state index contributed by atoms with van der Waals surface area (Å²) in [5, 5.41) is 17.3. The number of anilines is 1. The zero-order valence-electron chi connectivity index (χ0n) is 13.4. The van der Waals surface area contributed by atoms with Crippen LogP contribution in [0.3, 0.4) is 0 Å². The van der Waals surface area contributed by atoms with E-state index in [9.17, 15) is 14.9 Å². The van der Waals surface area contributed by atoms with Gasteiger partial charge in [0, 0.05) is 17.7 Å². The molecule has 0 bridgehead atoms. The van der Waals surface area contributed by atoms with Crippen LogP contribution >= 0.6 is 0 Å². The van der Waals surface area contributed by atoms with E-state index in [1.54, 1.807) is 12.1 Å². The van der Waals surface area contributed by atoms with Crippen LogP contribution in [0.15, 0.2) is 48.5 Å². The van der Waals surface area contributed by atoms with Gasteiger partial charge in [-0.25, -0.2) is 0 Å². The molecule has 1 atom stereocenters. The molecular weight excluding hydrogens is 306 g/mol. The predicted octanol–water partition coefficient (Wildman–Crippen LogP) is 3.66. The molecule has 3 rings (SSSR count). The largest absolute Gasteiger partial charge is 0.377 e. The molecule has 0 saturated heterocycles. The minimum Gasteiger partial charge on any atom is -0.377 e. The minimum absolute atomic E-state index is 0.0677. The van der Waals surface area contributed by atoms with E-state index < -0.39 is 4.92 Å². The second-order valence-electron chi connectivity index (χ2n) is 6.01. The molecule has 1 aliphatic carbocycles. The summed E-state index contributed by atoms with van der Waals surface area (Å²) in [6.45, 7) is 1.88. The van der Waals surface area contributed by atoms with Crippen LogP contribution < -0.4 is 10.6 Å². The number of benzene rings is 2. The van der Waals surface area contributed by atoms with Gasteiger partial charge in [-0.2, -0.15) is 0 Å². The van der Waals surface area contributed by atoms with Crippen molar-refractivity contribution in [2.24, 2.45) is 0 Å². The van der Waals surface area contributed by atoms with Gasteiger partial charge in [-0.3, -0.25) is 14.9 Å². The van der Waals surface area contributed by atoms with Crippen molar-refractivity contribution in [3.63, 3.8) is 0 Å². The molecule has 0 radical (unpaired) electrons. The first-order valence-electron chi connectivity index (χ1n) is 7.95. The van der Waals surface area contributed by atoms with Crippen LogP contribution in [0, 0.1) is 10.1 Å². The van der Waals surface area contributed by atoms with Gasteiger partial charge in [-0.1, -0.05) is 30.3 Å². The van der Waals surface area contributed by atoms with E-state index in [4.69, 9.17) is 0 Å². The number of hydrogen-bond donors (Lipinski definition) is 2. The van der Waals surface area contributed by atoms with Gasteiger partial charge in [0.25, 0.3) is 11.6 Å². The molecule has 24 heavy (non-hydrogen) atoms. The second-order valence-corrected chi connectivity index (χ2v) is 6.01. The highest BCUT2D eigenvalue weighted by Crippen LogP contribution is 2.31. The van der Waals surface area contributed by atoms with Crippen LogP contribution in [0.25, 0.3) is 0 Å². The van der Waals surface area contributed by atoms with Gasteiger partial charge >= 0.3 is 0 Å². The Morgan fingerprint density at radius 2 is 1.92 bits per heavy atom. The molecule has 2 N–H and O–H groups in total. The van der Waals surface area contributed by atoms with Crippen molar-refractivity contribution in [1.29, 1.82) is 0 Å². The summed E-state index contributed by atoms with van der Waals surface area (Å²) in [5.74, 6) is -0.326. The molecule has 2 aromatic rings. The first-order valence-corrected chi connectivity index (χ1v) is 7.95. The molecule has 6 heteroatoms. The molecule has 0 aliphatic heterocycles. The number of carbonyl (C=O) groups excluding carboxylic acids is 1. The zero-order chi connectivity index (χ0) is 17.1. The number of amides is 1. The fraction of sp³-hybridized carbons (Fsp3) is 0.278. The van der Waals surface area contributed by atoms with Crippen molar-refractivity contribution >= 4 is 17.3 Å². The van der Waals surface area contributed by atoms with Crippen molar-refractivity contribution in [3.8, 4) is 0 Å². The molecule has 1 fully saturated rings. The lowest BCUT2D eigenvalue weighted by Crippen LogP contribution is -2.26. The number of carbonyl (C=O) groups is 1. The molecule has 1 saturated carbocycles. The average Bonchev–Trinajstić information content (AvgIpc) is 3.39. The maximum atomic E-state index is 12.4. The van der Waals surface area contributed by atoms with Gasteiger partial charge in [0.1, 0.15) is 5.69 Å². The second kappa shape index (κ2) is 6.70. The van der Waals surface area contributed by atoms with Crippen LogP contribution in [0.2, 0.25) is 0 Å². The van der Waals surface area contributed by atoms with Crippen LogP contribution in [-0.2, 0) is 0 Å². The lowest BCUT2D eigenvalue weighted by Gasteiger charge is -2.14. The smallest absolute Gasteiger partial charge is 0.293 e. The van der Waals surface area contributed by atoms with E-state index in [0.717, 1.165) is 18.4 Å². The SMILES string of the molecule is CC(NC(=O)c1ccc(NC2CC2)c([N+](=O)[O-])c1)c1ccccc1. The molecule has 0 aromatic heterocycles. The number of hydrogen-bond acceptors (Lipinski definition) is 4. The van der Waals surface area contributed by atoms with Gasteiger partial charge in [-0.05, 0) is 37.5 Å². The van der Waals surface area contributed by atoms with E-state index in [0.29, 0.717) is 11.7 Å². The predicted molar refractivity (Wildman–Crippen MR) is 92.1 cm³/mol. The third-order valence-corrected chi connectivity index (χ3v) is 4.04. The number of nitrogens with zero attached hydrogens (tertiary/aromatic N) is 1. The number of rotatable bonds is 6. The molecule has 0 spiro atoms. The van der Waals surface area contributed by atoms with Crippen molar-refractivity contribution < 1.29 is 9.72 Å². The first kappa shape index (κ1) is 16.0. The minimum atomic E-state index is -0.456. The topological polar surface area (TPSA) is 84.3 Å². The molecule has 1 amide bonds. The highest BCUT2D eigenvalue weighted by atomic mass is 16.6. The fourth-order valence-electron chi connectivity index (χ4n) is 2.50. The Labute approximate surface area is 140 Å². The monoisotopic (exact) mass is 325 g/mol. The van der Waals surface area contributed by atoms with Crippen LogP contribution in [0.4, 0.5) is 11.4 Å². The Morgan fingerprint density at radius 1 is 1.21 bits per heavy atom. The van der Waals surface area contributed by atoms with Crippen LogP contribution in [0.5, 0.6) is 0 Å². The van der Waals surface area contributed by atoms with Gasteiger partial charge in [0.15, 0.2) is 0 Å². The summed E-state index contributed by atoms with van der Waals surface area (Å²) in [4.78, 5) is 23.2. The number of nitro benzene ring substituents is 1. The zero-order valence-corrected chi connectivity index (χ0v) is 13.4. The Morgan fingerprint density at radius 3 is 2.54 bits per heavy atom. The van der Waals surface area contributed by atoms with E-state index in [2.05, 4.69) is 10.6 Å². The number of nitrogens with one attached hydrogen (secondary N) is 2. The third kappa shape index (κ3) is 3.71. The standard InChI is InChI=1S/C18H19N3O3/c1-12(13-5-3-2-4-6-13)19-18(22)14-7-10-16(20-15-8-9-15)17(11-14)21(23)24/h2-7,10-12,15,20H,8-9H2,1H3,(H,19,22). The highest BCUT2D eigenvalue weighted by Gasteiger charge is 2.25. The lowest BCUT2D eigenvalue weighted by atomic mass is 10.1. The van der Waals surface area contributed by atoms with Gasteiger partial charge < -0.3 is 10.6 Å². The molecule has 1 unspecified atom stereocenters. The maximum Gasteiger partial charge on any atom is 0.293 e. The van der Waals surface area contributed by atoms with E-state index in [1.807, 2.05) is 37.3 Å². The lowest BCUT2D eigenvalue weighted by molar-refractivity contribution is -0.384. The number of nitro groups is 1. The third-order valence-electron chi connectivity index (χ3n) is 4.04. The summed E-state index contributed by atoms with van der Waals surface area (Å²) < 4.78 is 0. The maximum absolute atomic E-state index is 12.4. The Kier molecular flexibility index (Phi) is 4.46. The molecule has 6 nitrogen and oxygen atoms in total. The van der Waals surface area contributed by atoms with Crippen LogP contribution in [0.1, 0.15) is 41.7 Å². The Bertz CT molecular complexity index is 757. The normalized spacial score (nSPS) is 14.7. The van der Waals surface area contributed by atoms with E-state index in [-0.39, 0.29) is 23.2 Å². The van der Waals surface area contributed by atoms with Gasteiger partial charge in [0.05, 0.1) is 11.0 Å². The van der Waals surface area contributed by atoms with E-state index >= 15 is 0 Å². The van der Waals surface area contributed by atoms with Crippen LogP contribution in [-0.4, -0.2) is 16.9 Å². The summed E-state index contributed by atoms with van der Waals surface area (Å²) >= 11 is 0. The summed E-state index contributed by atoms with van der Waals surface area (Å²) in [6.07, 6.45) is 2.04. The average molecular weight is 325 g/mol. The molecule has 2 aromatic carbocycles. The highest BCUT2D eigenvalue weighted by molar-refractivity contribution is 5.96. The van der Waals surface area contributed by atoms with E-state index in [1.165, 1.54) is 6.07 Å². The Hall–Kier alpha value is -2.89. The van der Waals surface area contributed by atoms with Crippen molar-refractivity contribution in [2.45, 2.75) is 31.8 Å². The quantitative estimate of drug-likeness (QED) is 0.627. The van der Waals surface area contributed by atoms with Crippen molar-refractivity contribution in [2.75, 3.05) is 5.32 Å². The van der Waals surface area contributed by atoms with Gasteiger partial charge in [-0.15, -0.1) is 0 Å². The fourth-order valence-corrected chi connectivity index (χ4v) is 2.50. The molecule has 124 valence electrons. The van der Waals surface area contributed by atoms with Crippen molar-refractivity contribution in [3.05, 3.63) is 69.8 Å². The Balaban J connectivity index is 1.76. The van der Waals surface area contributed by atoms with Crippen molar-refractivity contribution in [1.82, 2.24) is 5.32 Å². The van der Waals surface area contributed by atoms with Gasteiger partial charge in [0.2, 0.25) is 0 Å². The first-order chi connectivity index (χ1) is 11.5. The summed E-state index contributed by atoms with van der Waals surface area (Å²) in [6, 6.07) is 14.3. The molecule has 1 aliphatic rings.